The average Bonchev–Trinajstić information content (AvgIpc) is 2.33. The molecule has 0 bridgehead atoms. The van der Waals surface area contributed by atoms with Crippen molar-refractivity contribution in [2.24, 2.45) is 5.16 Å². The van der Waals surface area contributed by atoms with E-state index in [1.807, 2.05) is 0 Å². The Balaban J connectivity index is 2.46. The van der Waals surface area contributed by atoms with Gasteiger partial charge in [0.25, 0.3) is 0 Å². The summed E-state index contributed by atoms with van der Waals surface area (Å²) in [6, 6.07) is 5.05. The maximum absolute atomic E-state index is 12.4. The molecule has 0 heterocycles. The van der Waals surface area contributed by atoms with Crippen molar-refractivity contribution in [3.8, 4) is 0 Å². The molecule has 0 aliphatic heterocycles. The molecule has 0 saturated heterocycles. The van der Waals surface area contributed by atoms with E-state index >= 15 is 0 Å². The third-order valence-corrected chi connectivity index (χ3v) is 2.32. The van der Waals surface area contributed by atoms with Crippen LogP contribution in [-0.2, 0) is 17.6 Å². The van der Waals surface area contributed by atoms with Gasteiger partial charge in [0.2, 0.25) is 0 Å². The summed E-state index contributed by atoms with van der Waals surface area (Å²) in [5.74, 6) is 0. The van der Waals surface area contributed by atoms with E-state index in [-0.39, 0.29) is 6.61 Å². The molecule has 0 radical (unpaired) electrons. The zero-order valence-electron chi connectivity index (χ0n) is 10.2. The number of hydrogen-bond acceptors (Lipinski definition) is 2. The number of benzene rings is 1. The first kappa shape index (κ1) is 14.5. The molecule has 0 N–H and O–H groups in total. The Morgan fingerprint density at radius 3 is 2.78 bits per heavy atom. The fraction of sp³-hybridized carbons (Fsp3) is 0.462. The highest BCUT2D eigenvalue weighted by Gasteiger charge is 2.30. The molecule has 1 rings (SSSR count). The minimum Gasteiger partial charge on any atom is -0.391 e. The molecule has 0 aliphatic rings. The smallest absolute Gasteiger partial charge is 0.391 e. The Bertz CT molecular complexity index is 388. The maximum atomic E-state index is 12.4. The van der Waals surface area contributed by atoms with Gasteiger partial charge in [-0.15, -0.1) is 0 Å². The van der Waals surface area contributed by atoms with Gasteiger partial charge >= 0.3 is 6.18 Å². The van der Waals surface area contributed by atoms with Crippen molar-refractivity contribution in [3.63, 3.8) is 0 Å². The summed E-state index contributed by atoms with van der Waals surface area (Å²) >= 11 is 0. The standard InChI is InChI=1S/C13H16F3NO/c1-2-3-4-8-17-18-10-11-6-5-7-12(9-11)13(14,15)16/h5-9H,2-4,10H2,1H3. The number of oxime groups is 1. The van der Waals surface area contributed by atoms with Gasteiger partial charge in [-0.05, 0) is 30.5 Å². The minimum atomic E-state index is -4.32. The second-order valence-electron chi connectivity index (χ2n) is 3.90. The maximum Gasteiger partial charge on any atom is 0.416 e. The van der Waals surface area contributed by atoms with E-state index in [9.17, 15) is 13.2 Å². The SMILES string of the molecule is CCCCC=NOCc1cccc(C(F)(F)F)c1. The number of halogens is 3. The highest BCUT2D eigenvalue weighted by Crippen LogP contribution is 2.29. The molecule has 1 aromatic carbocycles. The lowest BCUT2D eigenvalue weighted by Gasteiger charge is -2.07. The van der Waals surface area contributed by atoms with Crippen LogP contribution >= 0.6 is 0 Å². The van der Waals surface area contributed by atoms with Gasteiger partial charge in [-0.1, -0.05) is 30.6 Å². The van der Waals surface area contributed by atoms with E-state index in [0.29, 0.717) is 5.56 Å². The molecule has 5 heteroatoms. The van der Waals surface area contributed by atoms with E-state index in [1.54, 1.807) is 12.3 Å². The van der Waals surface area contributed by atoms with E-state index in [4.69, 9.17) is 4.84 Å². The molecule has 2 nitrogen and oxygen atoms in total. The largest absolute Gasteiger partial charge is 0.416 e. The van der Waals surface area contributed by atoms with Crippen LogP contribution in [0, 0.1) is 0 Å². The van der Waals surface area contributed by atoms with E-state index in [2.05, 4.69) is 12.1 Å². The molecule has 0 amide bonds. The minimum absolute atomic E-state index is 0.0482. The number of nitrogens with zero attached hydrogens (tertiary/aromatic N) is 1. The van der Waals surface area contributed by atoms with Crippen LogP contribution in [0.5, 0.6) is 0 Å². The molecule has 0 unspecified atom stereocenters. The first-order chi connectivity index (χ1) is 8.54. The first-order valence-corrected chi connectivity index (χ1v) is 5.84. The predicted octanol–water partition coefficient (Wildman–Crippen LogP) is 4.40. The first-order valence-electron chi connectivity index (χ1n) is 5.84. The van der Waals surface area contributed by atoms with Crippen LogP contribution < -0.4 is 0 Å². The van der Waals surface area contributed by atoms with Crippen molar-refractivity contribution >= 4 is 6.21 Å². The zero-order chi connectivity index (χ0) is 13.4. The van der Waals surface area contributed by atoms with Crippen molar-refractivity contribution in [3.05, 3.63) is 35.4 Å². The summed E-state index contributed by atoms with van der Waals surface area (Å²) in [4.78, 5) is 4.94. The summed E-state index contributed by atoms with van der Waals surface area (Å²) in [5, 5.41) is 3.69. The normalized spacial score (nSPS) is 12.0. The third-order valence-electron chi connectivity index (χ3n) is 2.32. The summed E-state index contributed by atoms with van der Waals surface area (Å²) in [7, 11) is 0. The molecule has 0 aliphatic carbocycles. The Hall–Kier alpha value is -1.52. The van der Waals surface area contributed by atoms with Gasteiger partial charge in [-0.25, -0.2) is 0 Å². The van der Waals surface area contributed by atoms with Gasteiger partial charge in [0.1, 0.15) is 6.61 Å². The van der Waals surface area contributed by atoms with Gasteiger partial charge in [-0.3, -0.25) is 0 Å². The number of alkyl halides is 3. The van der Waals surface area contributed by atoms with Crippen molar-refractivity contribution in [1.29, 1.82) is 0 Å². The van der Waals surface area contributed by atoms with Gasteiger partial charge in [-0.2, -0.15) is 13.2 Å². The molecule has 0 atom stereocenters. The van der Waals surface area contributed by atoms with Crippen LogP contribution in [0.3, 0.4) is 0 Å². The Morgan fingerprint density at radius 1 is 1.33 bits per heavy atom. The molecule has 0 fully saturated rings. The lowest BCUT2D eigenvalue weighted by Crippen LogP contribution is -2.05. The van der Waals surface area contributed by atoms with Crippen molar-refractivity contribution < 1.29 is 18.0 Å². The monoisotopic (exact) mass is 259 g/mol. The quantitative estimate of drug-likeness (QED) is 0.421. The molecule has 100 valence electrons. The summed E-state index contributed by atoms with van der Waals surface area (Å²) < 4.78 is 37.3. The van der Waals surface area contributed by atoms with E-state index in [1.165, 1.54) is 6.07 Å². The van der Waals surface area contributed by atoms with Crippen molar-refractivity contribution in [2.45, 2.75) is 39.0 Å². The van der Waals surface area contributed by atoms with Crippen molar-refractivity contribution in [2.75, 3.05) is 0 Å². The van der Waals surface area contributed by atoms with Crippen LogP contribution in [0.1, 0.15) is 37.3 Å². The highest BCUT2D eigenvalue weighted by atomic mass is 19.4. The summed E-state index contributed by atoms with van der Waals surface area (Å²) in [6.45, 7) is 2.11. The van der Waals surface area contributed by atoms with E-state index in [0.717, 1.165) is 31.4 Å². The Kier molecular flexibility index (Phi) is 5.68. The van der Waals surface area contributed by atoms with Gasteiger partial charge in [0, 0.05) is 6.21 Å². The molecular formula is C13H16F3NO. The summed E-state index contributed by atoms with van der Waals surface area (Å²) in [5.41, 5.74) is -0.212. The zero-order valence-corrected chi connectivity index (χ0v) is 10.2. The summed E-state index contributed by atoms with van der Waals surface area (Å²) in [6.07, 6.45) is 0.229. The second-order valence-corrected chi connectivity index (χ2v) is 3.90. The van der Waals surface area contributed by atoms with Crippen LogP contribution in [0.4, 0.5) is 13.2 Å². The van der Waals surface area contributed by atoms with Crippen LogP contribution in [0.2, 0.25) is 0 Å². The van der Waals surface area contributed by atoms with Crippen LogP contribution in [-0.4, -0.2) is 6.21 Å². The topological polar surface area (TPSA) is 21.6 Å². The average molecular weight is 259 g/mol. The number of rotatable bonds is 6. The molecule has 1 aromatic rings. The van der Waals surface area contributed by atoms with Crippen LogP contribution in [0.25, 0.3) is 0 Å². The lowest BCUT2D eigenvalue weighted by atomic mass is 10.1. The molecule has 18 heavy (non-hydrogen) atoms. The number of hydrogen-bond donors (Lipinski definition) is 0. The Labute approximate surface area is 104 Å². The van der Waals surface area contributed by atoms with Gasteiger partial charge in [0.05, 0.1) is 5.56 Å². The van der Waals surface area contributed by atoms with Gasteiger partial charge in [0.15, 0.2) is 0 Å². The lowest BCUT2D eigenvalue weighted by molar-refractivity contribution is -0.137. The van der Waals surface area contributed by atoms with Crippen LogP contribution in [0.15, 0.2) is 29.4 Å². The fourth-order valence-corrected chi connectivity index (χ4v) is 1.35. The highest BCUT2D eigenvalue weighted by molar-refractivity contribution is 5.56. The number of unbranched alkanes of at least 4 members (excludes halogenated alkanes) is 2. The molecular weight excluding hydrogens is 243 g/mol. The second kappa shape index (κ2) is 7.03. The van der Waals surface area contributed by atoms with Gasteiger partial charge < -0.3 is 4.84 Å². The predicted molar refractivity (Wildman–Crippen MR) is 64.3 cm³/mol. The molecule has 0 spiro atoms. The Morgan fingerprint density at radius 2 is 2.11 bits per heavy atom. The molecule has 0 aromatic heterocycles. The fourth-order valence-electron chi connectivity index (χ4n) is 1.35. The van der Waals surface area contributed by atoms with Crippen molar-refractivity contribution in [1.82, 2.24) is 0 Å². The van der Waals surface area contributed by atoms with E-state index < -0.39 is 11.7 Å². The molecule has 0 saturated carbocycles. The third kappa shape index (κ3) is 5.21.